The molecular formula is C25H25N3O. The number of carbonyl (C=O) groups is 1. The SMILES string of the molecule is Cc1ccccc1NC(=O)C(C#N)=Cc1cc(C)n(-c2cccc(C)c2C)c1C. The number of benzene rings is 2. The Bertz CT molecular complexity index is 1160. The van der Waals surface area contributed by atoms with Crippen molar-refractivity contribution in [3.05, 3.63) is 87.7 Å². The van der Waals surface area contributed by atoms with Crippen molar-refractivity contribution in [3.63, 3.8) is 0 Å². The Morgan fingerprint density at radius 2 is 1.69 bits per heavy atom. The summed E-state index contributed by atoms with van der Waals surface area (Å²) in [6.07, 6.45) is 1.66. The fraction of sp³-hybridized carbons (Fsp3) is 0.200. The van der Waals surface area contributed by atoms with Gasteiger partial charge in [-0.25, -0.2) is 0 Å². The molecule has 2 aromatic carbocycles. The number of rotatable bonds is 4. The van der Waals surface area contributed by atoms with Crippen LogP contribution < -0.4 is 5.32 Å². The molecule has 0 aliphatic heterocycles. The van der Waals surface area contributed by atoms with Crippen molar-refractivity contribution in [1.29, 1.82) is 5.26 Å². The minimum absolute atomic E-state index is 0.0782. The summed E-state index contributed by atoms with van der Waals surface area (Å²) in [6.45, 7) is 10.2. The van der Waals surface area contributed by atoms with Crippen molar-refractivity contribution >= 4 is 17.7 Å². The van der Waals surface area contributed by atoms with E-state index in [2.05, 4.69) is 35.9 Å². The molecule has 0 aliphatic carbocycles. The number of hydrogen-bond acceptors (Lipinski definition) is 2. The summed E-state index contributed by atoms with van der Waals surface area (Å²) in [7, 11) is 0. The van der Waals surface area contributed by atoms with Crippen LogP contribution in [-0.4, -0.2) is 10.5 Å². The summed E-state index contributed by atoms with van der Waals surface area (Å²) in [4.78, 5) is 12.7. The van der Waals surface area contributed by atoms with Crippen LogP contribution in [0.3, 0.4) is 0 Å². The lowest BCUT2D eigenvalue weighted by Crippen LogP contribution is -2.14. The minimum Gasteiger partial charge on any atom is -0.321 e. The maximum atomic E-state index is 12.7. The number of nitrogens with one attached hydrogen (secondary N) is 1. The highest BCUT2D eigenvalue weighted by molar-refractivity contribution is 6.10. The minimum atomic E-state index is -0.404. The molecule has 4 nitrogen and oxygen atoms in total. The first-order chi connectivity index (χ1) is 13.8. The van der Waals surface area contributed by atoms with Crippen molar-refractivity contribution in [2.45, 2.75) is 34.6 Å². The van der Waals surface area contributed by atoms with Crippen LogP contribution in [0.1, 0.15) is 33.6 Å². The Balaban J connectivity index is 1.99. The van der Waals surface area contributed by atoms with Gasteiger partial charge in [0.25, 0.3) is 5.91 Å². The normalized spacial score (nSPS) is 11.2. The van der Waals surface area contributed by atoms with Crippen LogP contribution in [0, 0.1) is 45.9 Å². The van der Waals surface area contributed by atoms with Crippen molar-refractivity contribution in [2.24, 2.45) is 0 Å². The van der Waals surface area contributed by atoms with Crippen molar-refractivity contribution in [1.82, 2.24) is 4.57 Å². The number of aryl methyl sites for hydroxylation is 3. The largest absolute Gasteiger partial charge is 0.321 e. The molecule has 0 saturated carbocycles. The van der Waals surface area contributed by atoms with Gasteiger partial charge < -0.3 is 9.88 Å². The molecule has 1 N–H and O–H groups in total. The first kappa shape index (κ1) is 20.2. The third kappa shape index (κ3) is 4.00. The van der Waals surface area contributed by atoms with E-state index in [0.29, 0.717) is 5.69 Å². The van der Waals surface area contributed by atoms with E-state index in [1.165, 1.54) is 11.1 Å². The van der Waals surface area contributed by atoms with Crippen LogP contribution >= 0.6 is 0 Å². The Labute approximate surface area is 172 Å². The number of nitriles is 1. The fourth-order valence-electron chi connectivity index (χ4n) is 3.49. The van der Waals surface area contributed by atoms with Crippen molar-refractivity contribution < 1.29 is 4.79 Å². The van der Waals surface area contributed by atoms with E-state index in [1.807, 2.05) is 63.2 Å². The lowest BCUT2D eigenvalue weighted by atomic mass is 10.1. The smallest absolute Gasteiger partial charge is 0.266 e. The summed E-state index contributed by atoms with van der Waals surface area (Å²) in [5.41, 5.74) is 8.19. The summed E-state index contributed by atoms with van der Waals surface area (Å²) in [5.74, 6) is -0.404. The van der Waals surface area contributed by atoms with E-state index in [0.717, 1.165) is 28.2 Å². The van der Waals surface area contributed by atoms with Crippen LogP contribution in [0.5, 0.6) is 0 Å². The predicted molar refractivity (Wildman–Crippen MR) is 118 cm³/mol. The van der Waals surface area contributed by atoms with E-state index >= 15 is 0 Å². The van der Waals surface area contributed by atoms with Gasteiger partial charge in [-0.1, -0.05) is 30.3 Å². The molecule has 0 atom stereocenters. The van der Waals surface area contributed by atoms with Crippen molar-refractivity contribution in [3.8, 4) is 11.8 Å². The zero-order valence-electron chi connectivity index (χ0n) is 17.5. The number of para-hydroxylation sites is 1. The third-order valence-electron chi connectivity index (χ3n) is 5.35. The predicted octanol–water partition coefficient (Wildman–Crippen LogP) is 5.57. The molecule has 1 amide bonds. The first-order valence-corrected chi connectivity index (χ1v) is 9.57. The van der Waals surface area contributed by atoms with E-state index in [-0.39, 0.29) is 5.57 Å². The van der Waals surface area contributed by atoms with Crippen LogP contribution in [0.25, 0.3) is 11.8 Å². The van der Waals surface area contributed by atoms with Gasteiger partial charge in [-0.05, 0) is 81.1 Å². The van der Waals surface area contributed by atoms with Gasteiger partial charge in [0.05, 0.1) is 0 Å². The summed E-state index contributed by atoms with van der Waals surface area (Å²) in [5, 5.41) is 12.4. The summed E-state index contributed by atoms with van der Waals surface area (Å²) in [6, 6.07) is 17.8. The molecule has 0 aliphatic rings. The molecule has 146 valence electrons. The molecule has 0 spiro atoms. The number of amides is 1. The molecular weight excluding hydrogens is 358 g/mol. The average molecular weight is 383 g/mol. The van der Waals surface area contributed by atoms with Crippen LogP contribution in [-0.2, 0) is 4.79 Å². The topological polar surface area (TPSA) is 57.8 Å². The molecule has 0 saturated heterocycles. The van der Waals surface area contributed by atoms with Gasteiger partial charge in [-0.3, -0.25) is 4.79 Å². The van der Waals surface area contributed by atoms with Gasteiger partial charge in [0, 0.05) is 22.8 Å². The molecule has 4 heteroatoms. The van der Waals surface area contributed by atoms with Gasteiger partial charge in [0.1, 0.15) is 11.6 Å². The first-order valence-electron chi connectivity index (χ1n) is 9.57. The van der Waals surface area contributed by atoms with Crippen molar-refractivity contribution in [2.75, 3.05) is 5.32 Å². The van der Waals surface area contributed by atoms with Gasteiger partial charge in [0.15, 0.2) is 0 Å². The third-order valence-corrected chi connectivity index (χ3v) is 5.35. The van der Waals surface area contributed by atoms with Crippen LogP contribution in [0.4, 0.5) is 5.69 Å². The highest BCUT2D eigenvalue weighted by Crippen LogP contribution is 2.26. The van der Waals surface area contributed by atoms with E-state index in [9.17, 15) is 10.1 Å². The molecule has 0 unspecified atom stereocenters. The average Bonchev–Trinajstić information content (AvgIpc) is 2.97. The Kier molecular flexibility index (Phi) is 5.70. The Hall–Kier alpha value is -3.58. The van der Waals surface area contributed by atoms with Crippen LogP contribution in [0.2, 0.25) is 0 Å². The van der Waals surface area contributed by atoms with Gasteiger partial charge in [0.2, 0.25) is 0 Å². The molecule has 1 aromatic heterocycles. The number of aromatic nitrogens is 1. The molecule has 29 heavy (non-hydrogen) atoms. The van der Waals surface area contributed by atoms with E-state index in [4.69, 9.17) is 0 Å². The summed E-state index contributed by atoms with van der Waals surface area (Å²) >= 11 is 0. The molecule has 0 bridgehead atoms. The number of hydrogen-bond donors (Lipinski definition) is 1. The quantitative estimate of drug-likeness (QED) is 0.473. The maximum Gasteiger partial charge on any atom is 0.266 e. The molecule has 3 aromatic rings. The highest BCUT2D eigenvalue weighted by atomic mass is 16.1. The second kappa shape index (κ2) is 8.20. The number of carbonyl (C=O) groups excluding carboxylic acids is 1. The van der Waals surface area contributed by atoms with Crippen LogP contribution in [0.15, 0.2) is 54.1 Å². The molecule has 1 heterocycles. The maximum absolute atomic E-state index is 12.7. The second-order valence-corrected chi connectivity index (χ2v) is 7.32. The second-order valence-electron chi connectivity index (χ2n) is 7.32. The lowest BCUT2D eigenvalue weighted by molar-refractivity contribution is -0.112. The fourth-order valence-corrected chi connectivity index (χ4v) is 3.49. The summed E-state index contributed by atoms with van der Waals surface area (Å²) < 4.78 is 2.17. The Morgan fingerprint density at radius 1 is 1.00 bits per heavy atom. The van der Waals surface area contributed by atoms with Gasteiger partial charge in [-0.2, -0.15) is 5.26 Å². The number of nitrogens with zero attached hydrogens (tertiary/aromatic N) is 2. The zero-order valence-corrected chi connectivity index (χ0v) is 17.5. The molecule has 3 rings (SSSR count). The highest BCUT2D eigenvalue weighted by Gasteiger charge is 2.15. The monoisotopic (exact) mass is 383 g/mol. The zero-order chi connectivity index (χ0) is 21.1. The molecule has 0 radical (unpaired) electrons. The lowest BCUT2D eigenvalue weighted by Gasteiger charge is -2.14. The van der Waals surface area contributed by atoms with Gasteiger partial charge in [-0.15, -0.1) is 0 Å². The Morgan fingerprint density at radius 3 is 2.38 bits per heavy atom. The molecule has 0 fully saturated rings. The standard InChI is InChI=1S/C25H25N3O/c1-16-10-8-12-24(19(16)4)28-18(3)13-21(20(28)5)14-22(15-26)25(29)27-23-11-7-6-9-17(23)2/h6-14H,1-5H3,(H,27,29). The van der Waals surface area contributed by atoms with Gasteiger partial charge >= 0.3 is 0 Å². The number of anilines is 1. The van der Waals surface area contributed by atoms with E-state index < -0.39 is 5.91 Å². The van der Waals surface area contributed by atoms with E-state index in [1.54, 1.807) is 6.08 Å².